The number of benzene rings is 1. The van der Waals surface area contributed by atoms with Gasteiger partial charge in [0.15, 0.2) is 0 Å². The van der Waals surface area contributed by atoms with Crippen molar-refractivity contribution in [1.29, 1.82) is 0 Å². The van der Waals surface area contributed by atoms with Gasteiger partial charge in [-0.25, -0.2) is 0 Å². The smallest absolute Gasteiger partial charge is 0 e. The molecule has 1 aromatic carbocycles. The van der Waals surface area contributed by atoms with Gasteiger partial charge in [0.2, 0.25) is 0 Å². The molecule has 1 heteroatoms. The van der Waals surface area contributed by atoms with Gasteiger partial charge in [-0.2, -0.15) is 35.9 Å². The maximum Gasteiger partial charge on any atom is 0 e. The van der Waals surface area contributed by atoms with Crippen LogP contribution in [0.25, 0.3) is 0 Å². The second-order valence-corrected chi connectivity index (χ2v) is 1.55. The standard InChI is InChI=1S/C7H7.Zr/c1-7-5-3-2-4-6-7;/h2-5H,1H3;/q-1;. The molecule has 0 unspecified atom stereocenters. The molecule has 1 aromatic rings. The van der Waals surface area contributed by atoms with Gasteiger partial charge in [0.25, 0.3) is 0 Å². The van der Waals surface area contributed by atoms with Crippen molar-refractivity contribution in [2.45, 2.75) is 6.92 Å². The molecule has 0 amide bonds. The van der Waals surface area contributed by atoms with E-state index in [0.717, 1.165) is 0 Å². The number of hydrogen-bond donors (Lipinski definition) is 0. The Morgan fingerprint density at radius 1 is 1.38 bits per heavy atom. The van der Waals surface area contributed by atoms with E-state index >= 15 is 0 Å². The molecule has 0 aliphatic carbocycles. The summed E-state index contributed by atoms with van der Waals surface area (Å²) in [7, 11) is 0. The van der Waals surface area contributed by atoms with Gasteiger partial charge in [0.05, 0.1) is 0 Å². The van der Waals surface area contributed by atoms with Crippen molar-refractivity contribution in [2.24, 2.45) is 0 Å². The van der Waals surface area contributed by atoms with Gasteiger partial charge >= 0.3 is 0 Å². The monoisotopic (exact) mass is 181 g/mol. The largest absolute Gasteiger partial charge is 0.181 e. The average Bonchev–Trinajstić information content (AvgIpc) is 1.69. The summed E-state index contributed by atoms with van der Waals surface area (Å²) in [4.78, 5) is 0. The zero-order valence-corrected chi connectivity index (χ0v) is 7.27. The van der Waals surface area contributed by atoms with Crippen molar-refractivity contribution in [3.8, 4) is 0 Å². The Morgan fingerprint density at radius 2 is 2.12 bits per heavy atom. The summed E-state index contributed by atoms with van der Waals surface area (Å²) in [5.41, 5.74) is 1.20. The SMILES string of the molecule is Cc1[c-]cccc1.[Zr]. The molecule has 0 fully saturated rings. The predicted molar refractivity (Wildman–Crippen MR) is 30.0 cm³/mol. The Bertz CT molecular complexity index is 134. The number of aryl methyl sites for hydroxylation is 1. The summed E-state index contributed by atoms with van der Waals surface area (Å²) in [5.74, 6) is 0. The fourth-order valence-corrected chi connectivity index (χ4v) is 0.483. The van der Waals surface area contributed by atoms with Crippen LogP contribution in [0.15, 0.2) is 24.3 Å². The van der Waals surface area contributed by atoms with E-state index in [4.69, 9.17) is 0 Å². The van der Waals surface area contributed by atoms with E-state index in [2.05, 4.69) is 6.07 Å². The molecule has 0 heterocycles. The van der Waals surface area contributed by atoms with E-state index < -0.39 is 0 Å². The van der Waals surface area contributed by atoms with Gasteiger partial charge in [-0.15, -0.1) is 0 Å². The summed E-state index contributed by atoms with van der Waals surface area (Å²) in [6.45, 7) is 2.03. The van der Waals surface area contributed by atoms with E-state index in [0.29, 0.717) is 0 Å². The quantitative estimate of drug-likeness (QED) is 0.537. The molecule has 0 aliphatic rings. The minimum atomic E-state index is 0. The summed E-state index contributed by atoms with van der Waals surface area (Å²) < 4.78 is 0. The predicted octanol–water partition coefficient (Wildman–Crippen LogP) is 1.79. The van der Waals surface area contributed by atoms with Crippen LogP contribution < -0.4 is 0 Å². The summed E-state index contributed by atoms with van der Waals surface area (Å²) in [6.07, 6.45) is 0. The van der Waals surface area contributed by atoms with Crippen molar-refractivity contribution >= 4 is 0 Å². The third-order valence-electron chi connectivity index (χ3n) is 0.865. The van der Waals surface area contributed by atoms with Crippen LogP contribution >= 0.6 is 0 Å². The molecule has 40 valence electrons. The van der Waals surface area contributed by atoms with Crippen molar-refractivity contribution in [3.05, 3.63) is 35.9 Å². The van der Waals surface area contributed by atoms with E-state index in [9.17, 15) is 0 Å². The van der Waals surface area contributed by atoms with Gasteiger partial charge in [-0.1, -0.05) is 6.92 Å². The Labute approximate surface area is 69.0 Å². The normalized spacial score (nSPS) is 7.62. The molecule has 0 saturated heterocycles. The topological polar surface area (TPSA) is 0 Å². The molecule has 0 radical (unpaired) electrons. The van der Waals surface area contributed by atoms with Crippen LogP contribution in [0.2, 0.25) is 0 Å². The fraction of sp³-hybridized carbons (Fsp3) is 0.143. The van der Waals surface area contributed by atoms with Crippen LogP contribution in [0.3, 0.4) is 0 Å². The van der Waals surface area contributed by atoms with Gasteiger partial charge in [0, 0.05) is 26.2 Å². The first-order valence-electron chi connectivity index (χ1n) is 2.33. The van der Waals surface area contributed by atoms with Crippen LogP contribution in [0.4, 0.5) is 0 Å². The van der Waals surface area contributed by atoms with Gasteiger partial charge in [-0.05, 0) is 0 Å². The molecule has 0 aromatic heterocycles. The van der Waals surface area contributed by atoms with E-state index in [1.807, 2.05) is 31.2 Å². The summed E-state index contributed by atoms with van der Waals surface area (Å²) in [6, 6.07) is 10.9. The van der Waals surface area contributed by atoms with E-state index in [1.165, 1.54) is 5.56 Å². The Balaban J connectivity index is 0.000000490. The zero-order valence-electron chi connectivity index (χ0n) is 4.81. The molecule has 0 atom stereocenters. The second-order valence-electron chi connectivity index (χ2n) is 1.55. The number of rotatable bonds is 0. The molecule has 0 bridgehead atoms. The van der Waals surface area contributed by atoms with Crippen LogP contribution in [0, 0.1) is 13.0 Å². The third-order valence-corrected chi connectivity index (χ3v) is 0.865. The van der Waals surface area contributed by atoms with E-state index in [1.54, 1.807) is 0 Å². The first kappa shape index (κ1) is 8.10. The minimum absolute atomic E-state index is 0. The molecular formula is C7H7Zr-. The Kier molecular flexibility index (Phi) is 4.08. The van der Waals surface area contributed by atoms with Gasteiger partial charge in [0.1, 0.15) is 0 Å². The molecule has 1 rings (SSSR count). The maximum absolute atomic E-state index is 3.03. The first-order chi connectivity index (χ1) is 3.39. The van der Waals surface area contributed by atoms with Crippen molar-refractivity contribution in [1.82, 2.24) is 0 Å². The van der Waals surface area contributed by atoms with Crippen LogP contribution in [-0.2, 0) is 26.2 Å². The number of hydrogen-bond acceptors (Lipinski definition) is 0. The van der Waals surface area contributed by atoms with Crippen LogP contribution in [-0.4, -0.2) is 0 Å². The first-order valence-corrected chi connectivity index (χ1v) is 2.33. The van der Waals surface area contributed by atoms with Crippen molar-refractivity contribution in [3.63, 3.8) is 0 Å². The molecule has 0 spiro atoms. The molecule has 0 aliphatic heterocycles. The Hall–Kier alpha value is 0.103. The average molecular weight is 182 g/mol. The molecule has 0 saturated carbocycles. The van der Waals surface area contributed by atoms with Crippen molar-refractivity contribution in [2.75, 3.05) is 0 Å². The fourth-order valence-electron chi connectivity index (χ4n) is 0.483. The molecule has 0 N–H and O–H groups in total. The second kappa shape index (κ2) is 4.03. The zero-order chi connectivity index (χ0) is 5.11. The Morgan fingerprint density at radius 3 is 2.38 bits per heavy atom. The molecule has 8 heavy (non-hydrogen) atoms. The molecule has 0 nitrogen and oxygen atoms in total. The minimum Gasteiger partial charge on any atom is -0.181 e. The molecular weight excluding hydrogens is 175 g/mol. The summed E-state index contributed by atoms with van der Waals surface area (Å²) >= 11 is 0. The van der Waals surface area contributed by atoms with Crippen LogP contribution in [0.5, 0.6) is 0 Å². The third kappa shape index (κ3) is 2.42. The van der Waals surface area contributed by atoms with Crippen LogP contribution in [0.1, 0.15) is 5.56 Å². The van der Waals surface area contributed by atoms with Crippen molar-refractivity contribution < 1.29 is 26.2 Å². The van der Waals surface area contributed by atoms with E-state index in [-0.39, 0.29) is 26.2 Å². The van der Waals surface area contributed by atoms with Gasteiger partial charge in [-0.3, -0.25) is 0 Å². The van der Waals surface area contributed by atoms with Gasteiger partial charge < -0.3 is 0 Å². The summed E-state index contributed by atoms with van der Waals surface area (Å²) in [5, 5.41) is 0. The maximum atomic E-state index is 3.03.